The van der Waals surface area contributed by atoms with Crippen molar-refractivity contribution in [1.82, 2.24) is 0 Å². The van der Waals surface area contributed by atoms with Crippen LogP contribution in [0.25, 0.3) is 0 Å². The van der Waals surface area contributed by atoms with Crippen molar-refractivity contribution >= 4 is 7.26 Å². The third-order valence-corrected chi connectivity index (χ3v) is 10.9. The highest BCUT2D eigenvalue weighted by atomic mass is 31.2. The second-order valence-electron chi connectivity index (χ2n) is 6.74. The van der Waals surface area contributed by atoms with Crippen LogP contribution in [0.1, 0.15) is 91.4 Å². The highest BCUT2D eigenvalue weighted by molar-refractivity contribution is 7.76. The van der Waals surface area contributed by atoms with E-state index < -0.39 is 7.26 Å². The van der Waals surface area contributed by atoms with Gasteiger partial charge in [-0.1, -0.05) is 46.5 Å². The molecule has 0 heterocycles. The molecule has 0 bridgehead atoms. The van der Waals surface area contributed by atoms with Crippen molar-refractivity contribution in [3.8, 4) is 6.57 Å². The summed E-state index contributed by atoms with van der Waals surface area (Å²) in [6, 6.07) is 0. The van der Waals surface area contributed by atoms with Crippen molar-refractivity contribution in [2.45, 2.75) is 97.1 Å². The van der Waals surface area contributed by atoms with Crippen LogP contribution >= 0.6 is 7.26 Å². The van der Waals surface area contributed by atoms with Gasteiger partial charge in [0.2, 0.25) is 0 Å². The monoisotopic (exact) mass is 312 g/mol. The van der Waals surface area contributed by atoms with Gasteiger partial charge in [0.25, 0.3) is 0 Å². The van der Waals surface area contributed by atoms with Crippen molar-refractivity contribution in [3.05, 3.63) is 0 Å². The van der Waals surface area contributed by atoms with Gasteiger partial charge in [-0.2, -0.15) is 0 Å². The van der Waals surface area contributed by atoms with Gasteiger partial charge in [-0.05, 0) is 44.9 Å². The molecule has 0 spiro atoms. The Kier molecular flexibility index (Phi) is 13.5. The van der Waals surface area contributed by atoms with E-state index >= 15 is 0 Å². The maximum absolute atomic E-state index is 6.50. The van der Waals surface area contributed by atoms with Crippen molar-refractivity contribution < 1.29 is 0 Å². The SMILES string of the molecule is C#N.CCCC[P+](CCCC)(CCCC)C1CCCCC1. The van der Waals surface area contributed by atoms with E-state index in [0.717, 1.165) is 0 Å². The summed E-state index contributed by atoms with van der Waals surface area (Å²) in [5.41, 5.74) is 1.17. The molecule has 0 saturated heterocycles. The fourth-order valence-electron chi connectivity index (χ4n) is 3.93. The van der Waals surface area contributed by atoms with E-state index in [2.05, 4.69) is 27.3 Å². The molecule has 0 atom stereocenters. The zero-order chi connectivity index (χ0) is 16.0. The Balaban J connectivity index is 0.00000191. The molecule has 21 heavy (non-hydrogen) atoms. The van der Waals surface area contributed by atoms with Crippen molar-refractivity contribution in [3.63, 3.8) is 0 Å². The average Bonchev–Trinajstić information content (AvgIpc) is 2.57. The Labute approximate surface area is 135 Å². The first-order chi connectivity index (χ1) is 10.3. The third-order valence-electron chi connectivity index (χ3n) is 5.22. The highest BCUT2D eigenvalue weighted by Gasteiger charge is 2.43. The first-order valence-electron chi connectivity index (χ1n) is 9.40. The van der Waals surface area contributed by atoms with Crippen molar-refractivity contribution in [2.24, 2.45) is 0 Å². The minimum absolute atomic E-state index is 0.621. The molecule has 0 amide bonds. The molecular weight excluding hydrogens is 273 g/mol. The molecule has 124 valence electrons. The number of hydrogen-bond acceptors (Lipinski definition) is 1. The number of nitrogens with zero attached hydrogens (tertiary/aromatic N) is 1. The van der Waals surface area contributed by atoms with Gasteiger partial charge < -0.3 is 0 Å². The van der Waals surface area contributed by atoms with Gasteiger partial charge in [0.1, 0.15) is 0 Å². The van der Waals surface area contributed by atoms with Gasteiger partial charge in [-0.15, -0.1) is 0 Å². The summed E-state index contributed by atoms with van der Waals surface area (Å²) in [7, 11) is -0.621. The van der Waals surface area contributed by atoms with Crippen molar-refractivity contribution in [2.75, 3.05) is 18.5 Å². The van der Waals surface area contributed by atoms with E-state index in [1.54, 1.807) is 31.3 Å². The Bertz CT molecular complexity index is 221. The van der Waals surface area contributed by atoms with Gasteiger partial charge >= 0.3 is 0 Å². The van der Waals surface area contributed by atoms with Crippen molar-refractivity contribution in [1.29, 1.82) is 5.26 Å². The minimum atomic E-state index is -0.621. The van der Waals surface area contributed by atoms with Crippen LogP contribution in [-0.2, 0) is 0 Å². The van der Waals surface area contributed by atoms with E-state index in [1.807, 2.05) is 0 Å². The number of hydrogen-bond donors (Lipinski definition) is 0. The fraction of sp³-hybridized carbons (Fsp3) is 0.947. The highest BCUT2D eigenvalue weighted by Crippen LogP contribution is 2.67. The van der Waals surface area contributed by atoms with Crippen LogP contribution in [0.5, 0.6) is 0 Å². The summed E-state index contributed by atoms with van der Waals surface area (Å²) < 4.78 is 0. The van der Waals surface area contributed by atoms with Crippen LogP contribution in [0.4, 0.5) is 0 Å². The summed E-state index contributed by atoms with van der Waals surface area (Å²) in [6.45, 7) is 10.7. The average molecular weight is 313 g/mol. The second-order valence-corrected chi connectivity index (χ2v) is 11.3. The van der Waals surface area contributed by atoms with Crippen LogP contribution in [0.3, 0.4) is 0 Å². The lowest BCUT2D eigenvalue weighted by atomic mass is 10.0. The van der Waals surface area contributed by atoms with E-state index in [1.165, 1.54) is 63.4 Å². The molecule has 0 aliphatic heterocycles. The zero-order valence-electron chi connectivity index (χ0n) is 14.9. The molecule has 1 aliphatic rings. The van der Waals surface area contributed by atoms with E-state index in [-0.39, 0.29) is 0 Å². The summed E-state index contributed by atoms with van der Waals surface area (Å²) in [5, 5.41) is 6.50. The molecule has 1 saturated carbocycles. The van der Waals surface area contributed by atoms with Crippen LogP contribution in [-0.4, -0.2) is 24.1 Å². The lowest BCUT2D eigenvalue weighted by molar-refractivity contribution is 0.504. The molecule has 2 heteroatoms. The molecule has 1 fully saturated rings. The Morgan fingerprint density at radius 3 is 1.48 bits per heavy atom. The molecule has 1 rings (SSSR count). The molecule has 1 nitrogen and oxygen atoms in total. The quantitative estimate of drug-likeness (QED) is 0.403. The third kappa shape index (κ3) is 7.65. The molecule has 1 aliphatic carbocycles. The summed E-state index contributed by atoms with van der Waals surface area (Å²) >= 11 is 0. The predicted octanol–water partition coefficient (Wildman–Crippen LogP) is 6.88. The largest absolute Gasteiger partial charge is 0.202 e. The second kappa shape index (κ2) is 13.6. The standard InChI is InChI=1S/C18H38P.CHN/c1-4-7-15-19(16-8-5-2,17-9-6-3)18-13-11-10-12-14-18;1-2/h18H,4-17H2,1-3H3;1H/q+1;. The molecule has 0 aromatic carbocycles. The van der Waals surface area contributed by atoms with E-state index in [0.29, 0.717) is 0 Å². The van der Waals surface area contributed by atoms with Crippen LogP contribution < -0.4 is 0 Å². The molecule has 0 aromatic heterocycles. The first-order valence-corrected chi connectivity index (χ1v) is 11.8. The Morgan fingerprint density at radius 1 is 0.762 bits per heavy atom. The Hall–Kier alpha value is -0.0800. The lowest BCUT2D eigenvalue weighted by Gasteiger charge is -2.37. The summed E-state index contributed by atoms with van der Waals surface area (Å²) in [6.07, 6.45) is 21.4. The lowest BCUT2D eigenvalue weighted by Crippen LogP contribution is -2.24. The summed E-state index contributed by atoms with van der Waals surface area (Å²) in [4.78, 5) is 0. The smallest absolute Gasteiger partial charge is 0.0697 e. The van der Waals surface area contributed by atoms with Crippen LogP contribution in [0.2, 0.25) is 0 Å². The molecule has 0 N–H and O–H groups in total. The van der Waals surface area contributed by atoms with Gasteiger partial charge in [-0.25, -0.2) is 5.26 Å². The first kappa shape index (κ1) is 20.9. The predicted molar refractivity (Wildman–Crippen MR) is 99.8 cm³/mol. The normalized spacial score (nSPS) is 16.2. The zero-order valence-corrected chi connectivity index (χ0v) is 15.8. The number of unbranched alkanes of at least 4 members (excludes halogenated alkanes) is 3. The molecule has 0 aromatic rings. The molecule has 0 unspecified atom stereocenters. The maximum atomic E-state index is 6.50. The minimum Gasteiger partial charge on any atom is -0.202 e. The Morgan fingerprint density at radius 2 is 1.14 bits per heavy atom. The fourth-order valence-corrected chi connectivity index (χ4v) is 10.00. The topological polar surface area (TPSA) is 23.8 Å². The number of nitriles is 1. The molecule has 0 radical (unpaired) electrons. The van der Waals surface area contributed by atoms with Gasteiger partial charge in [0.05, 0.1) is 24.1 Å². The van der Waals surface area contributed by atoms with Gasteiger partial charge in [0, 0.05) is 13.8 Å². The van der Waals surface area contributed by atoms with Crippen LogP contribution in [0.15, 0.2) is 0 Å². The van der Waals surface area contributed by atoms with E-state index in [9.17, 15) is 0 Å². The number of rotatable bonds is 10. The van der Waals surface area contributed by atoms with Gasteiger partial charge in [0.15, 0.2) is 0 Å². The van der Waals surface area contributed by atoms with Crippen LogP contribution in [0, 0.1) is 11.8 Å². The maximum Gasteiger partial charge on any atom is 0.0697 e. The summed E-state index contributed by atoms with van der Waals surface area (Å²) in [5.74, 6) is 0. The van der Waals surface area contributed by atoms with Gasteiger partial charge in [-0.3, -0.25) is 0 Å². The van der Waals surface area contributed by atoms with E-state index in [4.69, 9.17) is 5.26 Å². The molecular formula is C19H39NP+.